The quantitative estimate of drug-likeness (QED) is 0.509. The minimum Gasteiger partial charge on any atom is -0.508 e. The highest BCUT2D eigenvalue weighted by Crippen LogP contribution is 2.23. The van der Waals surface area contributed by atoms with Crippen LogP contribution in [0.5, 0.6) is 5.75 Å². The molecule has 0 aliphatic carbocycles. The van der Waals surface area contributed by atoms with Crippen LogP contribution in [0.4, 0.5) is 0 Å². The maximum Gasteiger partial charge on any atom is 0.340 e. The number of benzene rings is 1. The number of carbonyl (C=O) groups excluding carboxylic acids is 2. The Kier molecular flexibility index (Phi) is 6.40. The van der Waals surface area contributed by atoms with Crippen LogP contribution in [-0.2, 0) is 20.8 Å². The van der Waals surface area contributed by atoms with Crippen molar-refractivity contribution in [1.82, 2.24) is 10.6 Å². The van der Waals surface area contributed by atoms with Crippen molar-refractivity contribution in [3.8, 4) is 5.75 Å². The molecule has 2 amide bonds. The van der Waals surface area contributed by atoms with Crippen LogP contribution in [0.1, 0.15) is 25.0 Å². The molecule has 0 bridgehead atoms. The SMILES string of the molecule is Cc1c(CC(=O)NCC(=O)N[C@H](C(=O)O)C(C)C)c(=O)oc2cc(O)ccc12. The third-order valence-electron chi connectivity index (χ3n) is 4.30. The molecule has 0 saturated carbocycles. The number of hydrogen-bond acceptors (Lipinski definition) is 6. The molecule has 4 N–H and O–H groups in total. The van der Waals surface area contributed by atoms with Crippen molar-refractivity contribution in [2.45, 2.75) is 33.2 Å². The summed E-state index contributed by atoms with van der Waals surface area (Å²) in [5, 5.41) is 23.8. The second-order valence-electron chi connectivity index (χ2n) is 6.75. The minimum atomic E-state index is -1.16. The lowest BCUT2D eigenvalue weighted by molar-refractivity contribution is -0.143. The van der Waals surface area contributed by atoms with E-state index >= 15 is 0 Å². The molecule has 0 saturated heterocycles. The van der Waals surface area contributed by atoms with Gasteiger partial charge in [0.2, 0.25) is 11.8 Å². The predicted octanol–water partition coefficient (Wildman–Crippen LogP) is 0.691. The van der Waals surface area contributed by atoms with E-state index in [4.69, 9.17) is 9.52 Å². The molecule has 0 spiro atoms. The number of aromatic hydroxyl groups is 1. The summed E-state index contributed by atoms with van der Waals surface area (Å²) in [4.78, 5) is 47.3. The Labute approximate surface area is 160 Å². The normalized spacial score (nSPS) is 12.0. The second-order valence-corrected chi connectivity index (χ2v) is 6.75. The number of hydrogen-bond donors (Lipinski definition) is 4. The Bertz CT molecular complexity index is 978. The smallest absolute Gasteiger partial charge is 0.340 e. The van der Waals surface area contributed by atoms with Crippen LogP contribution in [0.2, 0.25) is 0 Å². The van der Waals surface area contributed by atoms with E-state index in [2.05, 4.69) is 10.6 Å². The van der Waals surface area contributed by atoms with E-state index in [-0.39, 0.29) is 29.2 Å². The van der Waals surface area contributed by atoms with Crippen LogP contribution in [0.3, 0.4) is 0 Å². The number of carboxylic acids is 1. The van der Waals surface area contributed by atoms with Gasteiger partial charge in [0.1, 0.15) is 17.4 Å². The van der Waals surface area contributed by atoms with Crippen molar-refractivity contribution in [2.75, 3.05) is 6.54 Å². The number of phenols is 1. The summed E-state index contributed by atoms with van der Waals surface area (Å²) in [5.41, 5.74) is 0.179. The van der Waals surface area contributed by atoms with Gasteiger partial charge in [0.05, 0.1) is 18.5 Å². The monoisotopic (exact) mass is 390 g/mol. The molecule has 0 radical (unpaired) electrons. The van der Waals surface area contributed by atoms with Gasteiger partial charge in [-0.15, -0.1) is 0 Å². The molecule has 28 heavy (non-hydrogen) atoms. The first-order chi connectivity index (χ1) is 13.1. The van der Waals surface area contributed by atoms with Crippen LogP contribution in [0.15, 0.2) is 27.4 Å². The Hall–Kier alpha value is -3.36. The first kappa shape index (κ1) is 20.9. The number of carbonyl (C=O) groups is 3. The van der Waals surface area contributed by atoms with E-state index in [1.54, 1.807) is 26.8 Å². The number of amides is 2. The third-order valence-corrected chi connectivity index (χ3v) is 4.30. The van der Waals surface area contributed by atoms with E-state index in [1.165, 1.54) is 12.1 Å². The first-order valence-corrected chi connectivity index (χ1v) is 8.64. The van der Waals surface area contributed by atoms with Crippen LogP contribution in [-0.4, -0.2) is 40.6 Å². The molecule has 1 aromatic heterocycles. The highest BCUT2D eigenvalue weighted by atomic mass is 16.4. The zero-order chi connectivity index (χ0) is 21.0. The van der Waals surface area contributed by atoms with Gasteiger partial charge in [-0.05, 0) is 30.5 Å². The van der Waals surface area contributed by atoms with Gasteiger partial charge < -0.3 is 25.3 Å². The molecular weight excluding hydrogens is 368 g/mol. The Morgan fingerprint density at radius 2 is 1.86 bits per heavy atom. The van der Waals surface area contributed by atoms with Crippen LogP contribution in [0, 0.1) is 12.8 Å². The number of carboxylic acid groups (broad SMARTS) is 1. The maximum absolute atomic E-state index is 12.2. The molecule has 9 nitrogen and oxygen atoms in total. The lowest BCUT2D eigenvalue weighted by Crippen LogP contribution is -2.48. The number of fused-ring (bicyclic) bond motifs is 1. The van der Waals surface area contributed by atoms with Crippen molar-refractivity contribution >= 4 is 28.8 Å². The van der Waals surface area contributed by atoms with Gasteiger partial charge in [-0.2, -0.15) is 0 Å². The third kappa shape index (κ3) is 4.87. The first-order valence-electron chi connectivity index (χ1n) is 8.64. The molecular formula is C19H22N2O7. The zero-order valence-corrected chi connectivity index (χ0v) is 15.7. The van der Waals surface area contributed by atoms with Crippen LogP contribution >= 0.6 is 0 Å². The molecule has 2 aromatic rings. The van der Waals surface area contributed by atoms with Crippen molar-refractivity contribution in [2.24, 2.45) is 5.92 Å². The summed E-state index contributed by atoms with van der Waals surface area (Å²) < 4.78 is 5.15. The number of aliphatic carboxylic acids is 1. The molecule has 2 rings (SSSR count). The second kappa shape index (κ2) is 8.55. The molecule has 0 fully saturated rings. The summed E-state index contributed by atoms with van der Waals surface area (Å²) >= 11 is 0. The van der Waals surface area contributed by atoms with Crippen molar-refractivity contribution in [1.29, 1.82) is 0 Å². The Morgan fingerprint density at radius 3 is 2.46 bits per heavy atom. The standard InChI is InChI=1S/C19H22N2O7/c1-9(2)17(18(25)26)21-16(24)8-20-15(23)7-13-10(3)12-5-4-11(22)6-14(12)28-19(13)27/h4-6,9,17,22H,7-8H2,1-3H3,(H,20,23)(H,21,24)(H,25,26)/t17-/m0/s1. The van der Waals surface area contributed by atoms with Gasteiger partial charge in [0.25, 0.3) is 0 Å². The largest absolute Gasteiger partial charge is 0.508 e. The fourth-order valence-corrected chi connectivity index (χ4v) is 2.73. The average molecular weight is 390 g/mol. The van der Waals surface area contributed by atoms with Crippen molar-refractivity contribution in [3.05, 3.63) is 39.7 Å². The molecule has 1 aromatic carbocycles. The average Bonchev–Trinajstić information content (AvgIpc) is 2.60. The topological polar surface area (TPSA) is 146 Å². The van der Waals surface area contributed by atoms with Crippen molar-refractivity contribution < 1.29 is 29.0 Å². The number of aryl methyl sites for hydroxylation is 1. The molecule has 0 aliphatic heterocycles. The number of rotatable bonds is 7. The molecule has 1 heterocycles. The van der Waals surface area contributed by atoms with Gasteiger partial charge in [0, 0.05) is 11.5 Å². The molecule has 0 unspecified atom stereocenters. The Balaban J connectivity index is 2.05. The number of nitrogens with one attached hydrogen (secondary N) is 2. The highest BCUT2D eigenvalue weighted by Gasteiger charge is 2.23. The molecule has 150 valence electrons. The fraction of sp³-hybridized carbons (Fsp3) is 0.368. The predicted molar refractivity (Wildman–Crippen MR) is 100 cm³/mol. The highest BCUT2D eigenvalue weighted by molar-refractivity contribution is 5.89. The zero-order valence-electron chi connectivity index (χ0n) is 15.7. The van der Waals surface area contributed by atoms with Crippen molar-refractivity contribution in [3.63, 3.8) is 0 Å². The molecule has 0 aliphatic rings. The van der Waals surface area contributed by atoms with E-state index < -0.39 is 36.0 Å². The summed E-state index contributed by atoms with van der Waals surface area (Å²) in [6.45, 7) is 4.55. The minimum absolute atomic E-state index is 0.0485. The van der Waals surface area contributed by atoms with E-state index in [0.29, 0.717) is 10.9 Å². The lowest BCUT2D eigenvalue weighted by atomic mass is 10.0. The van der Waals surface area contributed by atoms with Gasteiger partial charge in [-0.1, -0.05) is 13.8 Å². The van der Waals surface area contributed by atoms with Gasteiger partial charge >= 0.3 is 11.6 Å². The van der Waals surface area contributed by atoms with E-state index in [1.807, 2.05) is 0 Å². The van der Waals surface area contributed by atoms with Gasteiger partial charge in [0.15, 0.2) is 0 Å². The summed E-state index contributed by atoms with van der Waals surface area (Å²) in [6.07, 6.45) is -0.301. The summed E-state index contributed by atoms with van der Waals surface area (Å²) in [5.74, 6) is -2.76. The maximum atomic E-state index is 12.2. The fourth-order valence-electron chi connectivity index (χ4n) is 2.73. The lowest BCUT2D eigenvalue weighted by Gasteiger charge is -2.18. The summed E-state index contributed by atoms with van der Waals surface area (Å²) in [7, 11) is 0. The molecule has 9 heteroatoms. The molecule has 1 atom stereocenters. The van der Waals surface area contributed by atoms with Gasteiger partial charge in [-0.25, -0.2) is 9.59 Å². The Morgan fingerprint density at radius 1 is 1.18 bits per heavy atom. The van der Waals surface area contributed by atoms with Crippen LogP contribution in [0.25, 0.3) is 11.0 Å². The summed E-state index contributed by atoms with van der Waals surface area (Å²) in [6, 6.07) is 3.27. The van der Waals surface area contributed by atoms with E-state index in [0.717, 1.165) is 0 Å². The number of phenolic OH excluding ortho intramolecular Hbond substituents is 1. The van der Waals surface area contributed by atoms with Gasteiger partial charge in [-0.3, -0.25) is 9.59 Å². The van der Waals surface area contributed by atoms with Crippen LogP contribution < -0.4 is 16.3 Å². The van der Waals surface area contributed by atoms with E-state index in [9.17, 15) is 24.3 Å².